The van der Waals surface area contributed by atoms with Crippen molar-refractivity contribution in [2.45, 2.75) is 32.7 Å². The molecular formula is C14H19IN2O3. The second-order valence-electron chi connectivity index (χ2n) is 6.09. The van der Waals surface area contributed by atoms with Gasteiger partial charge in [0.25, 0.3) is 0 Å². The van der Waals surface area contributed by atoms with E-state index in [-0.39, 0.29) is 5.41 Å². The van der Waals surface area contributed by atoms with E-state index in [4.69, 9.17) is 4.74 Å². The third-order valence-corrected chi connectivity index (χ3v) is 4.64. The van der Waals surface area contributed by atoms with Gasteiger partial charge in [-0.3, -0.25) is 9.88 Å². The summed E-state index contributed by atoms with van der Waals surface area (Å²) in [6.07, 6.45) is 3.35. The lowest BCUT2D eigenvalue weighted by molar-refractivity contribution is -0.0962. The molecule has 1 amide bonds. The first-order valence-electron chi connectivity index (χ1n) is 6.50. The Hall–Kier alpha value is -1.05. The average molecular weight is 390 g/mol. The average Bonchev–Trinajstić information content (AvgIpc) is 2.25. The van der Waals surface area contributed by atoms with Crippen LogP contribution >= 0.6 is 22.6 Å². The van der Waals surface area contributed by atoms with Crippen molar-refractivity contribution in [2.75, 3.05) is 13.2 Å². The van der Waals surface area contributed by atoms with Crippen molar-refractivity contribution in [3.8, 4) is 5.75 Å². The van der Waals surface area contributed by atoms with Crippen LogP contribution < -0.4 is 4.74 Å². The van der Waals surface area contributed by atoms with Gasteiger partial charge in [0.15, 0.2) is 0 Å². The summed E-state index contributed by atoms with van der Waals surface area (Å²) in [5, 5.41) is 9.33. The molecule has 110 valence electrons. The lowest BCUT2D eigenvalue weighted by atomic mass is 9.66. The summed E-state index contributed by atoms with van der Waals surface area (Å²) in [5.41, 5.74) is -0.654. The fraction of sp³-hybridized carbons (Fsp3) is 0.571. The van der Waals surface area contributed by atoms with Crippen molar-refractivity contribution in [3.63, 3.8) is 0 Å². The number of carbonyl (C=O) groups is 1. The summed E-state index contributed by atoms with van der Waals surface area (Å²) in [4.78, 5) is 16.9. The van der Waals surface area contributed by atoms with E-state index in [2.05, 4.69) is 48.3 Å². The van der Waals surface area contributed by atoms with Gasteiger partial charge in [-0.25, -0.2) is 4.79 Å². The van der Waals surface area contributed by atoms with E-state index in [1.54, 1.807) is 12.4 Å². The number of pyridine rings is 1. The highest BCUT2D eigenvalue weighted by Gasteiger charge is 2.55. The first-order chi connectivity index (χ1) is 9.26. The number of ether oxygens (including phenoxy) is 1. The monoisotopic (exact) mass is 390 g/mol. The molecule has 0 saturated carbocycles. The third kappa shape index (κ3) is 2.70. The Morgan fingerprint density at radius 3 is 2.70 bits per heavy atom. The van der Waals surface area contributed by atoms with Gasteiger partial charge >= 0.3 is 6.09 Å². The normalized spacial score (nSPS) is 22.3. The Kier molecular flexibility index (Phi) is 4.13. The molecule has 1 aromatic rings. The van der Waals surface area contributed by atoms with Gasteiger partial charge in [-0.15, -0.1) is 0 Å². The summed E-state index contributed by atoms with van der Waals surface area (Å²) in [7, 11) is 0. The Morgan fingerprint density at radius 2 is 2.25 bits per heavy atom. The maximum absolute atomic E-state index is 11.4. The van der Waals surface area contributed by atoms with E-state index in [9.17, 15) is 9.90 Å². The summed E-state index contributed by atoms with van der Waals surface area (Å²) in [5.74, 6) is 0.678. The Labute approximate surface area is 132 Å². The number of amides is 1. The first-order valence-corrected chi connectivity index (χ1v) is 7.58. The van der Waals surface area contributed by atoms with Crippen molar-refractivity contribution in [3.05, 3.63) is 22.0 Å². The van der Waals surface area contributed by atoms with E-state index >= 15 is 0 Å². The number of nitrogens with zero attached hydrogens (tertiary/aromatic N) is 2. The van der Waals surface area contributed by atoms with E-state index in [1.165, 1.54) is 4.90 Å². The molecule has 1 aliphatic rings. The van der Waals surface area contributed by atoms with E-state index < -0.39 is 11.6 Å². The third-order valence-electron chi connectivity index (χ3n) is 4.05. The van der Waals surface area contributed by atoms with Crippen LogP contribution in [0.4, 0.5) is 4.79 Å². The standard InChI is InChI=1S/C14H19IN2O3/c1-13(2,3)14(4-5-17(14)12(18)19)9-20-11-6-10(15)7-16-8-11/h6-8H,4-5,9H2,1-3H3,(H,18,19)/t14-/m0/s1. The maximum Gasteiger partial charge on any atom is 0.407 e. The minimum Gasteiger partial charge on any atom is -0.489 e. The molecule has 1 N–H and O–H groups in total. The maximum atomic E-state index is 11.4. The molecule has 0 unspecified atom stereocenters. The molecule has 5 nitrogen and oxygen atoms in total. The molecular weight excluding hydrogens is 371 g/mol. The molecule has 2 heterocycles. The molecule has 6 heteroatoms. The van der Waals surface area contributed by atoms with E-state index in [0.717, 1.165) is 9.99 Å². The summed E-state index contributed by atoms with van der Waals surface area (Å²) in [6, 6.07) is 1.90. The van der Waals surface area contributed by atoms with Gasteiger partial charge < -0.3 is 9.84 Å². The highest BCUT2D eigenvalue weighted by atomic mass is 127. The van der Waals surface area contributed by atoms with Crippen LogP contribution in [-0.2, 0) is 0 Å². The van der Waals surface area contributed by atoms with E-state index in [0.29, 0.717) is 18.9 Å². The Balaban J connectivity index is 2.16. The number of halogens is 1. The van der Waals surface area contributed by atoms with Crippen LogP contribution in [-0.4, -0.2) is 39.8 Å². The highest BCUT2D eigenvalue weighted by Crippen LogP contribution is 2.45. The van der Waals surface area contributed by atoms with E-state index in [1.807, 2.05) is 6.07 Å². The van der Waals surface area contributed by atoms with Crippen LogP contribution in [0.2, 0.25) is 0 Å². The number of hydrogen-bond donors (Lipinski definition) is 1. The van der Waals surface area contributed by atoms with Crippen LogP contribution in [0.3, 0.4) is 0 Å². The molecule has 0 bridgehead atoms. The zero-order valence-corrected chi connectivity index (χ0v) is 14.0. The topological polar surface area (TPSA) is 62.7 Å². The van der Waals surface area contributed by atoms with Gasteiger partial charge in [0.05, 0.1) is 11.7 Å². The number of likely N-dealkylation sites (tertiary alicyclic amines) is 1. The van der Waals surface area contributed by atoms with Crippen LogP contribution in [0.1, 0.15) is 27.2 Å². The molecule has 1 aliphatic heterocycles. The second kappa shape index (κ2) is 5.38. The van der Waals surface area contributed by atoms with Crippen molar-refractivity contribution in [2.24, 2.45) is 5.41 Å². The molecule has 0 radical (unpaired) electrons. The van der Waals surface area contributed by atoms with Crippen LogP contribution in [0.15, 0.2) is 18.5 Å². The SMILES string of the molecule is CC(C)(C)[C@@]1(COc2cncc(I)c2)CCN1C(=O)O. The smallest absolute Gasteiger partial charge is 0.407 e. The van der Waals surface area contributed by atoms with Gasteiger partial charge in [-0.2, -0.15) is 0 Å². The van der Waals surface area contributed by atoms with Crippen LogP contribution in [0.5, 0.6) is 5.75 Å². The van der Waals surface area contributed by atoms with Gasteiger partial charge in [0, 0.05) is 16.3 Å². The zero-order chi connectivity index (χ0) is 15.0. The van der Waals surface area contributed by atoms with Crippen molar-refractivity contribution >= 4 is 28.7 Å². The summed E-state index contributed by atoms with van der Waals surface area (Å²) < 4.78 is 6.82. The lowest BCUT2D eigenvalue weighted by Crippen LogP contribution is -2.70. The molecule has 20 heavy (non-hydrogen) atoms. The van der Waals surface area contributed by atoms with Gasteiger partial charge in [0.1, 0.15) is 12.4 Å². The molecule has 1 aromatic heterocycles. The molecule has 0 spiro atoms. The summed E-state index contributed by atoms with van der Waals surface area (Å²) in [6.45, 7) is 7.08. The van der Waals surface area contributed by atoms with Crippen LogP contribution in [0, 0.1) is 8.99 Å². The Morgan fingerprint density at radius 1 is 1.55 bits per heavy atom. The van der Waals surface area contributed by atoms with Crippen molar-refractivity contribution < 1.29 is 14.6 Å². The minimum absolute atomic E-state index is 0.182. The molecule has 1 atom stereocenters. The fourth-order valence-electron chi connectivity index (χ4n) is 2.59. The zero-order valence-electron chi connectivity index (χ0n) is 11.9. The number of hydrogen-bond acceptors (Lipinski definition) is 3. The van der Waals surface area contributed by atoms with Crippen LogP contribution in [0.25, 0.3) is 0 Å². The lowest BCUT2D eigenvalue weighted by Gasteiger charge is -2.57. The molecule has 0 aromatic carbocycles. The first kappa shape index (κ1) is 15.3. The quantitative estimate of drug-likeness (QED) is 0.806. The van der Waals surface area contributed by atoms with Gasteiger partial charge in [-0.1, -0.05) is 20.8 Å². The molecule has 0 aliphatic carbocycles. The predicted octanol–water partition coefficient (Wildman–Crippen LogP) is 3.23. The molecule has 2 rings (SSSR count). The number of rotatable bonds is 3. The van der Waals surface area contributed by atoms with Gasteiger partial charge in [-0.05, 0) is 40.5 Å². The molecule has 1 fully saturated rings. The molecule has 1 saturated heterocycles. The minimum atomic E-state index is -0.879. The fourth-order valence-corrected chi connectivity index (χ4v) is 3.06. The highest BCUT2D eigenvalue weighted by molar-refractivity contribution is 14.1. The predicted molar refractivity (Wildman–Crippen MR) is 84.0 cm³/mol. The van der Waals surface area contributed by atoms with Crippen molar-refractivity contribution in [1.82, 2.24) is 9.88 Å². The van der Waals surface area contributed by atoms with Crippen molar-refractivity contribution in [1.29, 1.82) is 0 Å². The second-order valence-corrected chi connectivity index (χ2v) is 7.34. The van der Waals surface area contributed by atoms with Gasteiger partial charge in [0.2, 0.25) is 0 Å². The largest absolute Gasteiger partial charge is 0.489 e. The Bertz CT molecular complexity index is 515. The summed E-state index contributed by atoms with van der Waals surface area (Å²) >= 11 is 2.17. The number of aromatic nitrogens is 1. The number of carboxylic acid groups (broad SMARTS) is 1.